The molecule has 3 N–H and O–H groups in total. The first-order chi connectivity index (χ1) is 14.1. The first-order valence-electron chi connectivity index (χ1n) is 8.62. The van der Waals surface area contributed by atoms with Crippen LogP contribution in [0.25, 0.3) is 11.3 Å². The van der Waals surface area contributed by atoms with E-state index in [0.29, 0.717) is 34.4 Å². The van der Waals surface area contributed by atoms with E-state index in [1.807, 2.05) is 29.6 Å². The molecule has 0 amide bonds. The highest BCUT2D eigenvalue weighted by atomic mass is 32.1. The zero-order valence-electron chi connectivity index (χ0n) is 16.0. The molecule has 1 aromatic carbocycles. The summed E-state index contributed by atoms with van der Waals surface area (Å²) in [6.45, 7) is 0. The Morgan fingerprint density at radius 2 is 1.93 bits per heavy atom. The molecule has 4 rings (SSSR count). The molecule has 3 heterocycles. The molecule has 8 nitrogen and oxygen atoms in total. The van der Waals surface area contributed by atoms with Crippen molar-refractivity contribution in [2.45, 2.75) is 5.92 Å². The summed E-state index contributed by atoms with van der Waals surface area (Å²) in [6, 6.07) is 9.71. The van der Waals surface area contributed by atoms with Gasteiger partial charge in [-0.1, -0.05) is 6.07 Å². The Balaban J connectivity index is 1.95. The second kappa shape index (κ2) is 7.41. The summed E-state index contributed by atoms with van der Waals surface area (Å²) in [6.07, 6.45) is 0. The van der Waals surface area contributed by atoms with Crippen molar-refractivity contribution in [3.8, 4) is 40.5 Å². The normalized spacial score (nSPS) is 15.3. The van der Waals surface area contributed by atoms with Gasteiger partial charge in [0.15, 0.2) is 11.5 Å². The van der Waals surface area contributed by atoms with Crippen LogP contribution in [0.15, 0.2) is 41.1 Å². The van der Waals surface area contributed by atoms with E-state index in [4.69, 9.17) is 24.7 Å². The Labute approximate surface area is 171 Å². The standard InChI is InChI=1S/C20H18N4O4S/c1-25-12-7-10(8-13(26-2)18(12)27-3)17-16-15(14-5-4-6-29-14)11(9-21)19(22)28-20(16)24-23-17/h4-8,15H,22H2,1-3H3,(H,23,24)/t15-/m0/s1. The number of benzene rings is 1. The smallest absolute Gasteiger partial charge is 0.244 e. The monoisotopic (exact) mass is 410 g/mol. The number of aromatic nitrogens is 2. The molecule has 1 aliphatic heterocycles. The van der Waals surface area contributed by atoms with E-state index < -0.39 is 5.92 Å². The Morgan fingerprint density at radius 3 is 2.48 bits per heavy atom. The number of H-pyrrole nitrogens is 1. The molecular formula is C20H18N4O4S. The molecule has 0 saturated carbocycles. The summed E-state index contributed by atoms with van der Waals surface area (Å²) < 4.78 is 22.0. The first kappa shape index (κ1) is 18.7. The minimum Gasteiger partial charge on any atom is -0.493 e. The maximum Gasteiger partial charge on any atom is 0.244 e. The van der Waals surface area contributed by atoms with Crippen LogP contribution < -0.4 is 24.7 Å². The number of nitrogens with two attached hydrogens (primary N) is 1. The number of hydrogen-bond donors (Lipinski definition) is 2. The SMILES string of the molecule is COc1cc(-c2[nH]nc3c2[C@H](c2cccs2)C(C#N)=C(N)O3)cc(OC)c1OC. The number of methoxy groups -OCH3 is 3. The number of thiophene rings is 1. The van der Waals surface area contributed by atoms with Gasteiger partial charge in [0, 0.05) is 10.4 Å². The number of hydrogen-bond acceptors (Lipinski definition) is 8. The predicted molar refractivity (Wildman–Crippen MR) is 107 cm³/mol. The first-order valence-corrected chi connectivity index (χ1v) is 9.50. The van der Waals surface area contributed by atoms with Crippen LogP contribution >= 0.6 is 11.3 Å². The molecule has 0 fully saturated rings. The minimum atomic E-state index is -0.392. The van der Waals surface area contributed by atoms with E-state index >= 15 is 0 Å². The van der Waals surface area contributed by atoms with E-state index in [1.54, 1.807) is 21.3 Å². The van der Waals surface area contributed by atoms with E-state index in [0.717, 1.165) is 16.0 Å². The number of rotatable bonds is 5. The summed E-state index contributed by atoms with van der Waals surface area (Å²) in [4.78, 5) is 0.962. The molecule has 0 unspecified atom stereocenters. The lowest BCUT2D eigenvalue weighted by atomic mass is 9.87. The third-order valence-corrected chi connectivity index (χ3v) is 5.66. The fourth-order valence-electron chi connectivity index (χ4n) is 3.43. The molecule has 0 spiro atoms. The van der Waals surface area contributed by atoms with Crippen LogP contribution in [0, 0.1) is 11.3 Å². The van der Waals surface area contributed by atoms with Crippen molar-refractivity contribution in [1.82, 2.24) is 10.2 Å². The fourth-order valence-corrected chi connectivity index (χ4v) is 4.27. The number of aromatic amines is 1. The van der Waals surface area contributed by atoms with Crippen molar-refractivity contribution in [2.75, 3.05) is 21.3 Å². The average Bonchev–Trinajstić information content (AvgIpc) is 3.41. The van der Waals surface area contributed by atoms with Gasteiger partial charge in [-0.3, -0.25) is 5.10 Å². The molecule has 9 heteroatoms. The lowest BCUT2D eigenvalue weighted by Crippen LogP contribution is -2.20. The molecule has 1 aliphatic rings. The molecule has 29 heavy (non-hydrogen) atoms. The summed E-state index contributed by atoms with van der Waals surface area (Å²) >= 11 is 1.54. The zero-order chi connectivity index (χ0) is 20.5. The quantitative estimate of drug-likeness (QED) is 0.662. The average molecular weight is 410 g/mol. The topological polar surface area (TPSA) is 115 Å². The van der Waals surface area contributed by atoms with Crippen LogP contribution in [0.4, 0.5) is 0 Å². The van der Waals surface area contributed by atoms with Gasteiger partial charge in [0.05, 0.1) is 38.5 Å². The van der Waals surface area contributed by atoms with Crippen molar-refractivity contribution in [1.29, 1.82) is 5.26 Å². The van der Waals surface area contributed by atoms with Crippen molar-refractivity contribution < 1.29 is 18.9 Å². The molecule has 0 radical (unpaired) electrons. The summed E-state index contributed by atoms with van der Waals surface area (Å²) in [5.41, 5.74) is 8.50. The van der Waals surface area contributed by atoms with E-state index in [9.17, 15) is 5.26 Å². The van der Waals surface area contributed by atoms with Crippen molar-refractivity contribution in [3.05, 3.63) is 51.5 Å². The van der Waals surface area contributed by atoms with Crippen LogP contribution in [0.5, 0.6) is 23.1 Å². The Bertz CT molecular complexity index is 1100. The maximum absolute atomic E-state index is 9.74. The van der Waals surface area contributed by atoms with Crippen molar-refractivity contribution in [3.63, 3.8) is 0 Å². The molecule has 3 aromatic rings. The van der Waals surface area contributed by atoms with Crippen LogP contribution in [0.1, 0.15) is 16.4 Å². The van der Waals surface area contributed by atoms with Crippen LogP contribution in [0.3, 0.4) is 0 Å². The Kier molecular flexibility index (Phi) is 4.78. The summed E-state index contributed by atoms with van der Waals surface area (Å²) in [5, 5.41) is 19.0. The number of nitriles is 1. The molecule has 0 bridgehead atoms. The lowest BCUT2D eigenvalue weighted by molar-refractivity contribution is 0.324. The molecule has 1 atom stereocenters. The summed E-state index contributed by atoms with van der Waals surface area (Å²) in [7, 11) is 4.65. The number of nitrogens with zero attached hydrogens (tertiary/aromatic N) is 2. The van der Waals surface area contributed by atoms with Crippen LogP contribution in [0.2, 0.25) is 0 Å². The summed E-state index contributed by atoms with van der Waals surface area (Å²) in [5.74, 6) is 1.50. The van der Waals surface area contributed by atoms with Crippen molar-refractivity contribution in [2.24, 2.45) is 5.73 Å². The second-order valence-corrected chi connectivity index (χ2v) is 7.15. The number of fused-ring (bicyclic) bond motifs is 1. The Hall–Kier alpha value is -3.64. The highest BCUT2D eigenvalue weighted by Crippen LogP contribution is 2.49. The van der Waals surface area contributed by atoms with E-state index in [1.165, 1.54) is 11.3 Å². The lowest BCUT2D eigenvalue weighted by Gasteiger charge is -2.23. The van der Waals surface area contributed by atoms with E-state index in [2.05, 4.69) is 16.3 Å². The highest BCUT2D eigenvalue weighted by molar-refractivity contribution is 7.10. The number of allylic oxidation sites excluding steroid dienone is 1. The molecule has 2 aromatic heterocycles. The van der Waals surface area contributed by atoms with Gasteiger partial charge in [0.25, 0.3) is 0 Å². The van der Waals surface area contributed by atoms with Gasteiger partial charge >= 0.3 is 0 Å². The van der Waals surface area contributed by atoms with Gasteiger partial charge in [-0.25, -0.2) is 0 Å². The predicted octanol–water partition coefficient (Wildman–Crippen LogP) is 3.38. The van der Waals surface area contributed by atoms with Gasteiger partial charge in [-0.2, -0.15) is 5.26 Å². The van der Waals surface area contributed by atoms with Crippen molar-refractivity contribution >= 4 is 11.3 Å². The molecule has 0 saturated heterocycles. The van der Waals surface area contributed by atoms with Gasteiger partial charge in [0.1, 0.15) is 11.6 Å². The number of nitrogens with one attached hydrogen (secondary N) is 1. The largest absolute Gasteiger partial charge is 0.493 e. The number of ether oxygens (including phenoxy) is 4. The third kappa shape index (κ3) is 2.94. The molecule has 148 valence electrons. The van der Waals surface area contributed by atoms with Gasteiger partial charge in [-0.15, -0.1) is 16.4 Å². The molecule has 0 aliphatic carbocycles. The van der Waals surface area contributed by atoms with E-state index in [-0.39, 0.29) is 5.88 Å². The van der Waals surface area contributed by atoms with Crippen LogP contribution in [-0.4, -0.2) is 31.5 Å². The van der Waals surface area contributed by atoms with Crippen LogP contribution in [-0.2, 0) is 0 Å². The van der Waals surface area contributed by atoms with Gasteiger partial charge < -0.3 is 24.7 Å². The Morgan fingerprint density at radius 1 is 1.21 bits per heavy atom. The minimum absolute atomic E-state index is 0.0568. The van der Waals surface area contributed by atoms with Gasteiger partial charge in [0.2, 0.25) is 17.5 Å². The fraction of sp³-hybridized carbons (Fsp3) is 0.200. The zero-order valence-corrected chi connectivity index (χ0v) is 16.8. The highest BCUT2D eigenvalue weighted by Gasteiger charge is 2.36. The van der Waals surface area contributed by atoms with Gasteiger partial charge in [-0.05, 0) is 23.6 Å². The maximum atomic E-state index is 9.74. The second-order valence-electron chi connectivity index (χ2n) is 6.17. The molecular weight excluding hydrogens is 392 g/mol. The third-order valence-electron chi connectivity index (χ3n) is 4.72.